The van der Waals surface area contributed by atoms with Crippen LogP contribution in [0.1, 0.15) is 30.2 Å². The molecule has 0 aromatic carbocycles. The topological polar surface area (TPSA) is 82.5 Å². The first-order chi connectivity index (χ1) is 9.65. The van der Waals surface area contributed by atoms with Gasteiger partial charge in [-0.2, -0.15) is 15.2 Å². The standard InChI is InChI=1S/C13H14N6O/c1-8-7-9(2)19(17-8)10(3)13-15-12(18-20-13)11-5-4-6-14-16-11/h4-7,10H,1-3H3/t10-/m1/s1. The number of hydrogen-bond acceptors (Lipinski definition) is 6. The van der Waals surface area contributed by atoms with E-state index in [1.807, 2.05) is 31.5 Å². The first-order valence-electron chi connectivity index (χ1n) is 6.29. The van der Waals surface area contributed by atoms with Gasteiger partial charge in [-0.1, -0.05) is 5.16 Å². The summed E-state index contributed by atoms with van der Waals surface area (Å²) in [5.41, 5.74) is 2.60. The van der Waals surface area contributed by atoms with Crippen molar-refractivity contribution in [2.24, 2.45) is 0 Å². The zero-order valence-corrected chi connectivity index (χ0v) is 11.5. The van der Waals surface area contributed by atoms with Gasteiger partial charge in [0.1, 0.15) is 11.7 Å². The minimum atomic E-state index is -0.123. The molecule has 0 bridgehead atoms. The highest BCUT2D eigenvalue weighted by molar-refractivity contribution is 5.46. The van der Waals surface area contributed by atoms with Crippen molar-refractivity contribution in [2.45, 2.75) is 26.8 Å². The van der Waals surface area contributed by atoms with E-state index in [0.29, 0.717) is 17.4 Å². The molecule has 0 aliphatic rings. The molecule has 3 heterocycles. The summed E-state index contributed by atoms with van der Waals surface area (Å²) in [7, 11) is 0. The summed E-state index contributed by atoms with van der Waals surface area (Å²) >= 11 is 0. The Morgan fingerprint density at radius 3 is 2.80 bits per heavy atom. The van der Waals surface area contributed by atoms with Crippen LogP contribution < -0.4 is 0 Å². The molecule has 0 spiro atoms. The normalized spacial score (nSPS) is 12.6. The molecule has 0 aliphatic carbocycles. The van der Waals surface area contributed by atoms with Crippen LogP contribution in [0.25, 0.3) is 11.5 Å². The van der Waals surface area contributed by atoms with Gasteiger partial charge in [0, 0.05) is 11.9 Å². The lowest BCUT2D eigenvalue weighted by atomic mass is 10.3. The van der Waals surface area contributed by atoms with Crippen molar-refractivity contribution in [1.82, 2.24) is 30.1 Å². The van der Waals surface area contributed by atoms with Gasteiger partial charge in [-0.25, -0.2) is 0 Å². The van der Waals surface area contributed by atoms with Crippen molar-refractivity contribution in [3.63, 3.8) is 0 Å². The molecule has 1 atom stereocenters. The Hall–Kier alpha value is -2.57. The lowest BCUT2D eigenvalue weighted by Crippen LogP contribution is -2.10. The average Bonchev–Trinajstić information content (AvgIpc) is 3.06. The number of hydrogen-bond donors (Lipinski definition) is 0. The predicted octanol–water partition coefficient (Wildman–Crippen LogP) is 1.95. The van der Waals surface area contributed by atoms with Crippen molar-refractivity contribution < 1.29 is 4.52 Å². The molecule has 0 amide bonds. The van der Waals surface area contributed by atoms with Crippen LogP contribution in [-0.4, -0.2) is 30.1 Å². The Balaban J connectivity index is 1.92. The lowest BCUT2D eigenvalue weighted by molar-refractivity contribution is 0.334. The molecule has 0 saturated heterocycles. The SMILES string of the molecule is Cc1cc(C)n([C@H](C)c2nc(-c3cccnn3)no2)n1. The van der Waals surface area contributed by atoms with Crippen LogP contribution in [0.5, 0.6) is 0 Å². The molecule has 0 fully saturated rings. The van der Waals surface area contributed by atoms with Gasteiger partial charge >= 0.3 is 0 Å². The van der Waals surface area contributed by atoms with Gasteiger partial charge in [0.15, 0.2) is 0 Å². The van der Waals surface area contributed by atoms with E-state index in [-0.39, 0.29) is 6.04 Å². The Kier molecular flexibility index (Phi) is 3.02. The lowest BCUT2D eigenvalue weighted by Gasteiger charge is -2.09. The van der Waals surface area contributed by atoms with Crippen molar-refractivity contribution in [3.8, 4) is 11.5 Å². The largest absolute Gasteiger partial charge is 0.337 e. The maximum Gasteiger partial charge on any atom is 0.251 e. The van der Waals surface area contributed by atoms with E-state index < -0.39 is 0 Å². The minimum absolute atomic E-state index is 0.123. The second kappa shape index (κ2) is 4.84. The summed E-state index contributed by atoms with van der Waals surface area (Å²) in [5, 5.41) is 16.1. The van der Waals surface area contributed by atoms with E-state index in [9.17, 15) is 0 Å². The summed E-state index contributed by atoms with van der Waals surface area (Å²) in [5.74, 6) is 0.929. The molecule has 7 nitrogen and oxygen atoms in total. The molecule has 7 heteroatoms. The Bertz CT molecular complexity index is 718. The van der Waals surface area contributed by atoms with E-state index in [4.69, 9.17) is 4.52 Å². The van der Waals surface area contributed by atoms with Crippen LogP contribution in [0.4, 0.5) is 0 Å². The van der Waals surface area contributed by atoms with Crippen molar-refractivity contribution >= 4 is 0 Å². The first-order valence-corrected chi connectivity index (χ1v) is 6.29. The molecule has 3 aromatic heterocycles. The molecule has 0 radical (unpaired) electrons. The maximum atomic E-state index is 5.31. The second-order valence-electron chi connectivity index (χ2n) is 4.61. The van der Waals surface area contributed by atoms with Crippen LogP contribution in [0.15, 0.2) is 28.9 Å². The molecular weight excluding hydrogens is 256 g/mol. The number of aryl methyl sites for hydroxylation is 2. The third kappa shape index (κ3) is 2.18. The van der Waals surface area contributed by atoms with Gasteiger partial charge in [-0.05, 0) is 39.0 Å². The third-order valence-electron chi connectivity index (χ3n) is 3.01. The zero-order chi connectivity index (χ0) is 14.1. The number of aromatic nitrogens is 6. The predicted molar refractivity (Wildman–Crippen MR) is 70.8 cm³/mol. The Morgan fingerprint density at radius 2 is 2.15 bits per heavy atom. The summed E-state index contributed by atoms with van der Waals surface area (Å²) in [6.45, 7) is 5.92. The van der Waals surface area contributed by atoms with Gasteiger partial charge < -0.3 is 4.52 Å². The Morgan fingerprint density at radius 1 is 1.30 bits per heavy atom. The molecule has 0 unspecified atom stereocenters. The van der Waals surface area contributed by atoms with Gasteiger partial charge in [-0.3, -0.25) is 4.68 Å². The highest BCUT2D eigenvalue weighted by atomic mass is 16.5. The maximum absolute atomic E-state index is 5.31. The van der Waals surface area contributed by atoms with Crippen LogP contribution in [0, 0.1) is 13.8 Å². The fraction of sp³-hybridized carbons (Fsp3) is 0.308. The molecule has 20 heavy (non-hydrogen) atoms. The average molecular weight is 270 g/mol. The molecule has 3 rings (SSSR count). The van der Waals surface area contributed by atoms with Gasteiger partial charge in [0.2, 0.25) is 5.82 Å². The van der Waals surface area contributed by atoms with Crippen LogP contribution >= 0.6 is 0 Å². The summed E-state index contributed by atoms with van der Waals surface area (Å²) in [6, 6.07) is 5.45. The highest BCUT2D eigenvalue weighted by Gasteiger charge is 2.19. The summed E-state index contributed by atoms with van der Waals surface area (Å²) in [6.07, 6.45) is 1.60. The molecular formula is C13H14N6O. The number of rotatable bonds is 3. The monoisotopic (exact) mass is 270 g/mol. The minimum Gasteiger partial charge on any atom is -0.337 e. The zero-order valence-electron chi connectivity index (χ0n) is 11.5. The van der Waals surface area contributed by atoms with E-state index in [1.165, 1.54) is 0 Å². The van der Waals surface area contributed by atoms with E-state index in [1.54, 1.807) is 18.3 Å². The van der Waals surface area contributed by atoms with Crippen LogP contribution in [-0.2, 0) is 0 Å². The first kappa shape index (κ1) is 12.5. The smallest absolute Gasteiger partial charge is 0.251 e. The fourth-order valence-corrected chi connectivity index (χ4v) is 2.07. The summed E-state index contributed by atoms with van der Waals surface area (Å²) < 4.78 is 7.17. The van der Waals surface area contributed by atoms with E-state index in [2.05, 4.69) is 25.4 Å². The summed E-state index contributed by atoms with van der Waals surface area (Å²) in [4.78, 5) is 4.37. The van der Waals surface area contributed by atoms with Gasteiger partial charge in [0.25, 0.3) is 5.89 Å². The van der Waals surface area contributed by atoms with Crippen LogP contribution in [0.2, 0.25) is 0 Å². The molecule has 0 aliphatic heterocycles. The van der Waals surface area contributed by atoms with Crippen molar-refractivity contribution in [3.05, 3.63) is 41.7 Å². The van der Waals surface area contributed by atoms with Gasteiger partial charge in [0.05, 0.1) is 5.69 Å². The Labute approximate surface area is 115 Å². The quantitative estimate of drug-likeness (QED) is 0.723. The third-order valence-corrected chi connectivity index (χ3v) is 3.01. The molecule has 0 N–H and O–H groups in total. The molecule has 102 valence electrons. The van der Waals surface area contributed by atoms with Crippen LogP contribution in [0.3, 0.4) is 0 Å². The van der Waals surface area contributed by atoms with Gasteiger partial charge in [-0.15, -0.1) is 5.10 Å². The van der Waals surface area contributed by atoms with E-state index in [0.717, 1.165) is 11.4 Å². The highest BCUT2D eigenvalue weighted by Crippen LogP contribution is 2.20. The number of nitrogens with zero attached hydrogens (tertiary/aromatic N) is 6. The second-order valence-corrected chi connectivity index (χ2v) is 4.61. The fourth-order valence-electron chi connectivity index (χ4n) is 2.07. The molecule has 0 saturated carbocycles. The van der Waals surface area contributed by atoms with E-state index >= 15 is 0 Å². The van der Waals surface area contributed by atoms with Crippen molar-refractivity contribution in [1.29, 1.82) is 0 Å². The van der Waals surface area contributed by atoms with Crippen molar-refractivity contribution in [2.75, 3.05) is 0 Å². The molecule has 3 aromatic rings.